The Morgan fingerprint density at radius 1 is 1.12 bits per heavy atom. The minimum absolute atomic E-state index is 0.0646. The van der Waals surface area contributed by atoms with Crippen molar-refractivity contribution in [2.75, 3.05) is 25.5 Å². The van der Waals surface area contributed by atoms with E-state index in [1.165, 1.54) is 16.7 Å². The molecule has 0 spiro atoms. The minimum atomic E-state index is -5.08. The number of aliphatic carboxylic acids is 1. The van der Waals surface area contributed by atoms with Gasteiger partial charge in [-0.15, -0.1) is 0 Å². The van der Waals surface area contributed by atoms with Crippen molar-refractivity contribution in [1.29, 1.82) is 0 Å². The van der Waals surface area contributed by atoms with Crippen molar-refractivity contribution in [3.8, 4) is 11.1 Å². The molecule has 2 heterocycles. The zero-order chi connectivity index (χ0) is 25.0. The molecule has 0 aliphatic carbocycles. The number of benzene rings is 2. The number of carbonyl (C=O) groups excluding carboxylic acids is 1. The highest BCUT2D eigenvalue weighted by Crippen LogP contribution is 2.32. The summed E-state index contributed by atoms with van der Waals surface area (Å²) in [4.78, 5) is 23.9. The van der Waals surface area contributed by atoms with Crippen LogP contribution in [-0.2, 0) is 9.59 Å². The second-order valence-corrected chi connectivity index (χ2v) is 8.47. The molecule has 1 aromatic heterocycles. The number of anilines is 1. The lowest BCUT2D eigenvalue weighted by Gasteiger charge is -2.27. The van der Waals surface area contributed by atoms with E-state index in [9.17, 15) is 18.0 Å². The number of hydrogen-bond donors (Lipinski definition) is 3. The molecule has 0 unspecified atom stereocenters. The van der Waals surface area contributed by atoms with Gasteiger partial charge in [0.1, 0.15) is 0 Å². The third-order valence-corrected chi connectivity index (χ3v) is 5.91. The lowest BCUT2D eigenvalue weighted by molar-refractivity contribution is -0.192. The average Bonchev–Trinajstić information content (AvgIpc) is 3.16. The van der Waals surface area contributed by atoms with E-state index in [2.05, 4.69) is 71.6 Å². The van der Waals surface area contributed by atoms with Gasteiger partial charge in [-0.3, -0.25) is 9.89 Å². The van der Waals surface area contributed by atoms with Gasteiger partial charge in [0.25, 0.3) is 0 Å². The smallest absolute Gasteiger partial charge is 0.475 e. The molecule has 1 aliphatic rings. The molecule has 4 rings (SSSR count). The summed E-state index contributed by atoms with van der Waals surface area (Å²) < 4.78 is 31.7. The van der Waals surface area contributed by atoms with Gasteiger partial charge >= 0.3 is 12.1 Å². The van der Waals surface area contributed by atoms with Gasteiger partial charge in [-0.1, -0.05) is 24.3 Å². The summed E-state index contributed by atoms with van der Waals surface area (Å²) in [5.41, 5.74) is 5.82. The quantitative estimate of drug-likeness (QED) is 0.506. The summed E-state index contributed by atoms with van der Waals surface area (Å²) >= 11 is 0. The Bertz CT molecular complexity index is 1160. The first-order valence-electron chi connectivity index (χ1n) is 10.8. The van der Waals surface area contributed by atoms with Gasteiger partial charge in [-0.05, 0) is 81.2 Å². The van der Waals surface area contributed by atoms with Crippen molar-refractivity contribution in [1.82, 2.24) is 15.1 Å². The van der Waals surface area contributed by atoms with Gasteiger partial charge in [0.05, 0.1) is 5.52 Å². The Labute approximate surface area is 195 Å². The van der Waals surface area contributed by atoms with Crippen LogP contribution in [0.4, 0.5) is 19.0 Å². The van der Waals surface area contributed by atoms with Crippen molar-refractivity contribution < 1.29 is 27.9 Å². The predicted octanol–water partition coefficient (Wildman–Crippen LogP) is 4.76. The Balaban J connectivity index is 0.000000406. The van der Waals surface area contributed by atoms with Crippen LogP contribution in [0.2, 0.25) is 0 Å². The number of aryl methyl sites for hydroxylation is 2. The fraction of sp³-hybridized carbons (Fsp3) is 0.375. The molecular weight excluding hydrogens is 449 g/mol. The fourth-order valence-electron chi connectivity index (χ4n) is 4.02. The van der Waals surface area contributed by atoms with E-state index in [-0.39, 0.29) is 11.8 Å². The van der Waals surface area contributed by atoms with E-state index in [1.54, 1.807) is 0 Å². The number of alkyl halides is 3. The number of piperidine rings is 1. The van der Waals surface area contributed by atoms with Crippen LogP contribution in [0.5, 0.6) is 0 Å². The molecule has 0 radical (unpaired) electrons. The SMILES string of the molecule is Cc1cccc(C)c1-c1ccc2[nH]nc(NC(=O)C3CCN(C)CC3)c2c1.O=C(O)C(F)(F)F. The second-order valence-electron chi connectivity index (χ2n) is 8.47. The third kappa shape index (κ3) is 5.93. The molecule has 3 aromatic rings. The molecule has 1 fully saturated rings. The lowest BCUT2D eigenvalue weighted by atomic mass is 9.95. The van der Waals surface area contributed by atoms with E-state index < -0.39 is 12.1 Å². The number of aromatic amines is 1. The number of nitrogens with zero attached hydrogens (tertiary/aromatic N) is 2. The molecule has 34 heavy (non-hydrogen) atoms. The molecule has 10 heteroatoms. The molecule has 0 bridgehead atoms. The highest BCUT2D eigenvalue weighted by Gasteiger charge is 2.38. The van der Waals surface area contributed by atoms with Crippen molar-refractivity contribution in [3.05, 3.63) is 47.5 Å². The van der Waals surface area contributed by atoms with E-state index in [0.717, 1.165) is 42.4 Å². The summed E-state index contributed by atoms with van der Waals surface area (Å²) in [5.74, 6) is -1.99. The highest BCUT2D eigenvalue weighted by atomic mass is 19.4. The molecule has 182 valence electrons. The van der Waals surface area contributed by atoms with Gasteiger partial charge in [0.2, 0.25) is 5.91 Å². The largest absolute Gasteiger partial charge is 0.490 e. The number of hydrogen-bond acceptors (Lipinski definition) is 4. The maximum absolute atomic E-state index is 12.7. The average molecular weight is 476 g/mol. The van der Waals surface area contributed by atoms with Gasteiger partial charge in [0, 0.05) is 11.3 Å². The number of carbonyl (C=O) groups is 2. The first-order chi connectivity index (χ1) is 16.0. The zero-order valence-electron chi connectivity index (χ0n) is 19.2. The summed E-state index contributed by atoms with van der Waals surface area (Å²) in [7, 11) is 2.10. The highest BCUT2D eigenvalue weighted by molar-refractivity contribution is 6.01. The number of aromatic nitrogens is 2. The lowest BCUT2D eigenvalue weighted by Crippen LogP contribution is -2.36. The summed E-state index contributed by atoms with van der Waals surface area (Å²) in [6.07, 6.45) is -3.28. The first-order valence-corrected chi connectivity index (χ1v) is 10.8. The maximum Gasteiger partial charge on any atom is 0.490 e. The second kappa shape index (κ2) is 10.3. The number of halogens is 3. The molecule has 0 atom stereocenters. The Hall–Kier alpha value is -3.40. The third-order valence-electron chi connectivity index (χ3n) is 5.91. The number of nitrogens with one attached hydrogen (secondary N) is 2. The Morgan fingerprint density at radius 3 is 2.26 bits per heavy atom. The number of carboxylic acid groups (broad SMARTS) is 1. The molecule has 1 aliphatic heterocycles. The summed E-state index contributed by atoms with van der Waals surface area (Å²) in [6.45, 7) is 6.20. The van der Waals surface area contributed by atoms with Crippen LogP contribution in [0, 0.1) is 19.8 Å². The van der Waals surface area contributed by atoms with Gasteiger partial charge in [0.15, 0.2) is 5.82 Å². The number of likely N-dealkylation sites (tertiary alicyclic amines) is 1. The Kier molecular flexibility index (Phi) is 7.61. The number of fused-ring (bicyclic) bond motifs is 1. The van der Waals surface area contributed by atoms with Crippen molar-refractivity contribution in [3.63, 3.8) is 0 Å². The molecule has 1 amide bonds. The first kappa shape index (κ1) is 25.2. The number of amides is 1. The molecule has 7 nitrogen and oxygen atoms in total. The molecule has 3 N–H and O–H groups in total. The summed E-state index contributed by atoms with van der Waals surface area (Å²) in [5, 5.41) is 18.5. The van der Waals surface area contributed by atoms with Crippen molar-refractivity contribution >= 4 is 28.6 Å². The summed E-state index contributed by atoms with van der Waals surface area (Å²) in [6, 6.07) is 12.6. The normalized spacial score (nSPS) is 15.0. The van der Waals surface area contributed by atoms with E-state index in [0.29, 0.717) is 5.82 Å². The van der Waals surface area contributed by atoms with Gasteiger partial charge < -0.3 is 15.3 Å². The van der Waals surface area contributed by atoms with Crippen LogP contribution in [0.1, 0.15) is 24.0 Å². The molecule has 2 aromatic carbocycles. The van der Waals surface area contributed by atoms with E-state index in [4.69, 9.17) is 9.90 Å². The van der Waals surface area contributed by atoms with Crippen molar-refractivity contribution in [2.45, 2.75) is 32.9 Å². The van der Waals surface area contributed by atoms with Crippen LogP contribution in [0.15, 0.2) is 36.4 Å². The zero-order valence-corrected chi connectivity index (χ0v) is 19.2. The molecule has 0 saturated carbocycles. The minimum Gasteiger partial charge on any atom is -0.475 e. The number of H-pyrrole nitrogens is 1. The predicted molar refractivity (Wildman–Crippen MR) is 124 cm³/mol. The van der Waals surface area contributed by atoms with Crippen LogP contribution >= 0.6 is 0 Å². The Morgan fingerprint density at radius 2 is 1.71 bits per heavy atom. The standard InChI is InChI=1S/C22H26N4O.C2HF3O2/c1-14-5-4-6-15(2)20(14)17-7-8-19-18(13-17)21(25-24-19)23-22(27)16-9-11-26(3)12-10-16;3-2(4,5)1(6)7/h4-8,13,16H,9-12H2,1-3H3,(H2,23,24,25,27);(H,6,7). The van der Waals surface area contributed by atoms with Gasteiger partial charge in [-0.25, -0.2) is 4.79 Å². The maximum atomic E-state index is 12.7. The van der Waals surface area contributed by atoms with Crippen LogP contribution < -0.4 is 5.32 Å². The monoisotopic (exact) mass is 476 g/mol. The number of carboxylic acids is 1. The molecule has 1 saturated heterocycles. The molecular formula is C24H27F3N4O3. The van der Waals surface area contributed by atoms with Crippen LogP contribution in [-0.4, -0.2) is 58.4 Å². The fourth-order valence-corrected chi connectivity index (χ4v) is 4.02. The van der Waals surface area contributed by atoms with Crippen molar-refractivity contribution in [2.24, 2.45) is 5.92 Å². The topological polar surface area (TPSA) is 98.3 Å². The van der Waals surface area contributed by atoms with Crippen LogP contribution in [0.25, 0.3) is 22.0 Å². The van der Waals surface area contributed by atoms with Gasteiger partial charge in [-0.2, -0.15) is 18.3 Å². The van der Waals surface area contributed by atoms with E-state index >= 15 is 0 Å². The van der Waals surface area contributed by atoms with Crippen LogP contribution in [0.3, 0.4) is 0 Å². The van der Waals surface area contributed by atoms with E-state index in [1.807, 2.05) is 6.07 Å². The number of rotatable bonds is 3.